The maximum absolute atomic E-state index is 11.4. The number of nitrogens with zero attached hydrogens (tertiary/aromatic N) is 1. The van der Waals surface area contributed by atoms with Gasteiger partial charge in [-0.1, -0.05) is 59.5 Å². The molecule has 0 aromatic heterocycles. The Hall–Kier alpha value is -0.830. The van der Waals surface area contributed by atoms with Gasteiger partial charge in [0.25, 0.3) is 0 Å². The van der Waals surface area contributed by atoms with Crippen LogP contribution in [0, 0.1) is 0 Å². The van der Waals surface area contributed by atoms with Crippen molar-refractivity contribution in [3.63, 3.8) is 0 Å². The lowest BCUT2D eigenvalue weighted by atomic mass is 10.0. The fourth-order valence-electron chi connectivity index (χ4n) is 2.84. The minimum Gasteiger partial charge on any atom is -0.462 e. The lowest BCUT2D eigenvalue weighted by Crippen LogP contribution is -2.35. The van der Waals surface area contributed by atoms with E-state index in [1.807, 2.05) is 0 Å². The Morgan fingerprint density at radius 3 is 2.14 bits per heavy atom. The van der Waals surface area contributed by atoms with Crippen LogP contribution in [0.25, 0.3) is 0 Å². The number of rotatable bonds is 14. The summed E-state index contributed by atoms with van der Waals surface area (Å²) in [4.78, 5) is 13.9. The van der Waals surface area contributed by atoms with Crippen molar-refractivity contribution in [1.29, 1.82) is 0 Å². The molecule has 0 aliphatic carbocycles. The van der Waals surface area contributed by atoms with Gasteiger partial charge in [0.15, 0.2) is 0 Å². The lowest BCUT2D eigenvalue weighted by molar-refractivity contribution is -0.139. The molecule has 0 N–H and O–H groups in total. The van der Waals surface area contributed by atoms with Gasteiger partial charge in [0, 0.05) is 11.6 Å². The van der Waals surface area contributed by atoms with Crippen LogP contribution in [0.3, 0.4) is 0 Å². The van der Waals surface area contributed by atoms with Crippen molar-refractivity contribution < 1.29 is 9.53 Å². The van der Waals surface area contributed by atoms with Gasteiger partial charge in [-0.15, -0.1) is 0 Å². The fourth-order valence-corrected chi connectivity index (χ4v) is 2.84. The van der Waals surface area contributed by atoms with E-state index in [4.69, 9.17) is 4.74 Å². The molecule has 0 fully saturated rings. The third kappa shape index (κ3) is 9.99. The zero-order valence-electron chi connectivity index (χ0n) is 15.3. The van der Waals surface area contributed by atoms with Crippen LogP contribution in [0.1, 0.15) is 79.1 Å². The number of ether oxygens (including phenoxy) is 1. The SMILES string of the molecule is C=C(C)C(=O)OCCCC(CCCCCCC)N(CC)CC. The average molecular weight is 312 g/mol. The molecule has 0 aromatic rings. The maximum atomic E-state index is 11.4. The van der Waals surface area contributed by atoms with Crippen molar-refractivity contribution in [3.8, 4) is 0 Å². The number of carbonyl (C=O) groups is 1. The van der Waals surface area contributed by atoms with E-state index in [9.17, 15) is 4.79 Å². The summed E-state index contributed by atoms with van der Waals surface area (Å²) in [5.41, 5.74) is 0.483. The van der Waals surface area contributed by atoms with Gasteiger partial charge in [-0.05, 0) is 39.3 Å². The molecule has 3 heteroatoms. The number of hydrogen-bond acceptors (Lipinski definition) is 3. The third-order valence-corrected chi connectivity index (χ3v) is 4.23. The molecule has 1 atom stereocenters. The van der Waals surface area contributed by atoms with E-state index in [2.05, 4.69) is 32.3 Å². The van der Waals surface area contributed by atoms with Crippen LogP contribution >= 0.6 is 0 Å². The Kier molecular flexibility index (Phi) is 13.3. The van der Waals surface area contributed by atoms with Gasteiger partial charge in [0.05, 0.1) is 6.61 Å². The molecule has 22 heavy (non-hydrogen) atoms. The summed E-state index contributed by atoms with van der Waals surface area (Å²) in [7, 11) is 0. The van der Waals surface area contributed by atoms with Gasteiger partial charge in [-0.25, -0.2) is 4.79 Å². The number of unbranched alkanes of at least 4 members (excludes halogenated alkanes) is 4. The minimum absolute atomic E-state index is 0.265. The minimum atomic E-state index is -0.265. The highest BCUT2D eigenvalue weighted by atomic mass is 16.5. The second kappa shape index (κ2) is 13.8. The Morgan fingerprint density at radius 2 is 1.59 bits per heavy atom. The monoisotopic (exact) mass is 311 g/mol. The predicted molar refractivity (Wildman–Crippen MR) is 95.1 cm³/mol. The Morgan fingerprint density at radius 1 is 1.00 bits per heavy atom. The standard InChI is InChI=1S/C19H37NO2/c1-6-9-10-11-12-14-18(20(7-2)8-3)15-13-16-22-19(21)17(4)5/h18H,4,6-16H2,1-3,5H3. The third-order valence-electron chi connectivity index (χ3n) is 4.23. The molecule has 130 valence electrons. The fraction of sp³-hybridized carbons (Fsp3) is 0.842. The molecule has 0 saturated carbocycles. The Balaban J connectivity index is 4.07. The van der Waals surface area contributed by atoms with Crippen molar-refractivity contribution >= 4 is 5.97 Å². The zero-order chi connectivity index (χ0) is 16.8. The Bertz CT molecular complexity index is 298. The van der Waals surface area contributed by atoms with Crippen molar-refractivity contribution in [1.82, 2.24) is 4.90 Å². The topological polar surface area (TPSA) is 29.5 Å². The van der Waals surface area contributed by atoms with Gasteiger partial charge in [0.1, 0.15) is 0 Å². The van der Waals surface area contributed by atoms with Crippen LogP contribution in [0.15, 0.2) is 12.2 Å². The van der Waals surface area contributed by atoms with Crippen LogP contribution in [0.2, 0.25) is 0 Å². The van der Waals surface area contributed by atoms with E-state index in [-0.39, 0.29) is 5.97 Å². The van der Waals surface area contributed by atoms with Gasteiger partial charge in [0.2, 0.25) is 0 Å². The second-order valence-electron chi connectivity index (χ2n) is 6.14. The zero-order valence-corrected chi connectivity index (χ0v) is 15.3. The molecule has 0 aliphatic rings. The number of carbonyl (C=O) groups excluding carboxylic acids is 1. The van der Waals surface area contributed by atoms with Crippen LogP contribution in [-0.2, 0) is 9.53 Å². The van der Waals surface area contributed by atoms with E-state index >= 15 is 0 Å². The van der Waals surface area contributed by atoms with E-state index in [0.29, 0.717) is 18.2 Å². The van der Waals surface area contributed by atoms with Crippen molar-refractivity contribution in [2.75, 3.05) is 19.7 Å². The lowest BCUT2D eigenvalue weighted by Gasteiger charge is -2.30. The summed E-state index contributed by atoms with van der Waals surface area (Å²) in [6.45, 7) is 14.7. The molecule has 0 bridgehead atoms. The van der Waals surface area contributed by atoms with Crippen LogP contribution in [0.5, 0.6) is 0 Å². The number of esters is 1. The molecule has 0 rings (SSSR count). The molecule has 0 aromatic carbocycles. The Labute approximate surface area is 138 Å². The first-order chi connectivity index (χ1) is 10.6. The summed E-state index contributed by atoms with van der Waals surface area (Å²) in [5.74, 6) is -0.265. The van der Waals surface area contributed by atoms with Crippen molar-refractivity contribution in [2.45, 2.75) is 85.1 Å². The largest absolute Gasteiger partial charge is 0.462 e. The molecule has 3 nitrogen and oxygen atoms in total. The normalized spacial score (nSPS) is 12.4. The smallest absolute Gasteiger partial charge is 0.333 e. The van der Waals surface area contributed by atoms with Crippen LogP contribution in [-0.4, -0.2) is 36.6 Å². The highest BCUT2D eigenvalue weighted by Crippen LogP contribution is 2.16. The average Bonchev–Trinajstić information content (AvgIpc) is 2.51. The number of hydrogen-bond donors (Lipinski definition) is 0. The van der Waals surface area contributed by atoms with Crippen LogP contribution < -0.4 is 0 Å². The summed E-state index contributed by atoms with van der Waals surface area (Å²) in [6, 6.07) is 0.625. The summed E-state index contributed by atoms with van der Waals surface area (Å²) in [6.07, 6.45) is 9.98. The van der Waals surface area contributed by atoms with Gasteiger partial charge in [-0.3, -0.25) is 0 Å². The highest BCUT2D eigenvalue weighted by molar-refractivity contribution is 5.86. The van der Waals surface area contributed by atoms with Crippen molar-refractivity contribution in [2.24, 2.45) is 0 Å². The molecule has 1 unspecified atom stereocenters. The van der Waals surface area contributed by atoms with Gasteiger partial charge in [-0.2, -0.15) is 0 Å². The summed E-state index contributed by atoms with van der Waals surface area (Å²) in [5, 5.41) is 0. The highest BCUT2D eigenvalue weighted by Gasteiger charge is 2.15. The first-order valence-corrected chi connectivity index (χ1v) is 9.13. The van der Waals surface area contributed by atoms with E-state index in [1.165, 1.54) is 38.5 Å². The first kappa shape index (κ1) is 21.2. The molecular formula is C19H37NO2. The van der Waals surface area contributed by atoms with Crippen LogP contribution in [0.4, 0.5) is 0 Å². The van der Waals surface area contributed by atoms with E-state index in [1.54, 1.807) is 6.92 Å². The maximum Gasteiger partial charge on any atom is 0.333 e. The predicted octanol–water partition coefficient (Wildman–Crippen LogP) is 4.96. The summed E-state index contributed by atoms with van der Waals surface area (Å²) >= 11 is 0. The first-order valence-electron chi connectivity index (χ1n) is 9.13. The molecule has 0 amide bonds. The molecule has 0 heterocycles. The molecule has 0 spiro atoms. The van der Waals surface area contributed by atoms with Crippen molar-refractivity contribution in [3.05, 3.63) is 12.2 Å². The molecule has 0 aliphatic heterocycles. The molecular weight excluding hydrogens is 274 g/mol. The second-order valence-corrected chi connectivity index (χ2v) is 6.14. The van der Waals surface area contributed by atoms with E-state index in [0.717, 1.165) is 25.9 Å². The quantitative estimate of drug-likeness (QED) is 0.258. The molecule has 0 radical (unpaired) electrons. The van der Waals surface area contributed by atoms with E-state index < -0.39 is 0 Å². The molecule has 0 saturated heterocycles. The van der Waals surface area contributed by atoms with Gasteiger partial charge < -0.3 is 9.64 Å². The van der Waals surface area contributed by atoms with Gasteiger partial charge >= 0.3 is 5.97 Å². The summed E-state index contributed by atoms with van der Waals surface area (Å²) < 4.78 is 5.20.